The smallest absolute Gasteiger partial charge is 0.325 e. The molecule has 0 saturated carbocycles. The topological polar surface area (TPSA) is 106 Å². The Labute approximate surface area is 135 Å². The van der Waals surface area contributed by atoms with Gasteiger partial charge in [-0.1, -0.05) is 0 Å². The molecule has 0 bridgehead atoms. The highest BCUT2D eigenvalue weighted by Gasteiger charge is 2.43. The monoisotopic (exact) mass is 321 g/mol. The van der Waals surface area contributed by atoms with Gasteiger partial charge in [0.2, 0.25) is 0 Å². The third-order valence-electron chi connectivity index (χ3n) is 3.79. The fourth-order valence-electron chi connectivity index (χ4n) is 2.80. The van der Waals surface area contributed by atoms with Crippen molar-refractivity contribution in [1.82, 2.24) is 9.88 Å². The van der Waals surface area contributed by atoms with Gasteiger partial charge in [0.15, 0.2) is 0 Å². The summed E-state index contributed by atoms with van der Waals surface area (Å²) >= 11 is 0. The summed E-state index contributed by atoms with van der Waals surface area (Å²) in [6.07, 6.45) is 2.86. The van der Waals surface area contributed by atoms with Crippen LogP contribution < -0.4 is 5.73 Å². The van der Waals surface area contributed by atoms with Gasteiger partial charge in [0.25, 0.3) is 0 Å². The van der Waals surface area contributed by atoms with Crippen LogP contribution >= 0.6 is 0 Å². The summed E-state index contributed by atoms with van der Waals surface area (Å²) in [6, 6.07) is 2.39. The first-order chi connectivity index (χ1) is 10.7. The van der Waals surface area contributed by atoms with Gasteiger partial charge in [-0.05, 0) is 44.9 Å². The Balaban J connectivity index is 2.18. The minimum Gasteiger partial charge on any atom is -0.480 e. The van der Waals surface area contributed by atoms with Gasteiger partial charge >= 0.3 is 11.9 Å². The van der Waals surface area contributed by atoms with E-state index in [0.717, 1.165) is 0 Å². The molecule has 1 aliphatic rings. The van der Waals surface area contributed by atoms with Crippen LogP contribution in [0.25, 0.3) is 0 Å². The molecule has 7 nitrogen and oxygen atoms in total. The summed E-state index contributed by atoms with van der Waals surface area (Å²) in [6.45, 7) is 5.80. The summed E-state index contributed by atoms with van der Waals surface area (Å²) in [4.78, 5) is 29.5. The zero-order valence-corrected chi connectivity index (χ0v) is 13.6. The molecule has 23 heavy (non-hydrogen) atoms. The molecule has 7 heteroatoms. The van der Waals surface area contributed by atoms with E-state index in [1.54, 1.807) is 37.8 Å². The fraction of sp³-hybridized carbons (Fsp3) is 0.562. The Kier molecular flexibility index (Phi) is 5.01. The Hall–Kier alpha value is -1.99. The number of aliphatic carboxylic acids is 1. The maximum Gasteiger partial charge on any atom is 0.325 e. The highest BCUT2D eigenvalue weighted by Crippen LogP contribution is 2.32. The Morgan fingerprint density at radius 2 is 2.00 bits per heavy atom. The number of hydrogen-bond acceptors (Lipinski definition) is 6. The molecule has 3 N–H and O–H groups in total. The molecule has 2 rings (SSSR count). The van der Waals surface area contributed by atoms with Gasteiger partial charge in [0.1, 0.15) is 11.6 Å². The number of esters is 1. The Morgan fingerprint density at radius 1 is 1.39 bits per heavy atom. The average Bonchev–Trinajstić information content (AvgIpc) is 2.80. The van der Waals surface area contributed by atoms with E-state index in [9.17, 15) is 14.7 Å². The average molecular weight is 321 g/mol. The van der Waals surface area contributed by atoms with Crippen LogP contribution in [0.15, 0.2) is 24.5 Å². The largest absolute Gasteiger partial charge is 0.480 e. The second-order valence-corrected chi connectivity index (χ2v) is 6.68. The Bertz CT molecular complexity index is 570. The second kappa shape index (κ2) is 6.64. The predicted molar refractivity (Wildman–Crippen MR) is 83.2 cm³/mol. The first-order valence-electron chi connectivity index (χ1n) is 7.57. The highest BCUT2D eigenvalue weighted by molar-refractivity contribution is 5.77. The summed E-state index contributed by atoms with van der Waals surface area (Å²) in [7, 11) is 0. The first kappa shape index (κ1) is 17.4. The second-order valence-electron chi connectivity index (χ2n) is 6.68. The zero-order chi connectivity index (χ0) is 17.2. The van der Waals surface area contributed by atoms with Crippen molar-refractivity contribution in [1.29, 1.82) is 0 Å². The van der Waals surface area contributed by atoms with Crippen molar-refractivity contribution in [3.05, 3.63) is 30.1 Å². The van der Waals surface area contributed by atoms with Crippen molar-refractivity contribution in [2.24, 2.45) is 11.7 Å². The number of aromatic nitrogens is 1. The number of nitrogens with two attached hydrogens (primary N) is 1. The number of carboxylic acid groups (broad SMARTS) is 1. The molecular formula is C16H23N3O4. The van der Waals surface area contributed by atoms with E-state index in [1.165, 1.54) is 12.4 Å². The van der Waals surface area contributed by atoms with E-state index in [-0.39, 0.29) is 5.97 Å². The summed E-state index contributed by atoms with van der Waals surface area (Å²) < 4.78 is 5.38. The van der Waals surface area contributed by atoms with E-state index in [4.69, 9.17) is 10.5 Å². The van der Waals surface area contributed by atoms with Crippen molar-refractivity contribution in [3.63, 3.8) is 0 Å². The van der Waals surface area contributed by atoms with Gasteiger partial charge in [-0.2, -0.15) is 0 Å². The molecule has 0 spiro atoms. The van der Waals surface area contributed by atoms with Gasteiger partial charge in [-0.25, -0.2) is 0 Å². The lowest BCUT2D eigenvalue weighted by Gasteiger charge is -2.30. The number of ether oxygens (including phenoxy) is 1. The molecule has 0 aliphatic carbocycles. The van der Waals surface area contributed by atoms with E-state index < -0.39 is 29.7 Å². The van der Waals surface area contributed by atoms with Crippen LogP contribution in [-0.4, -0.2) is 45.2 Å². The number of nitrogens with zero attached hydrogens (tertiary/aromatic N) is 2. The lowest BCUT2D eigenvalue weighted by Crippen LogP contribution is -2.47. The van der Waals surface area contributed by atoms with Crippen LogP contribution in [0.2, 0.25) is 0 Å². The number of carboxylic acids is 1. The molecule has 1 aliphatic heterocycles. The van der Waals surface area contributed by atoms with Crippen molar-refractivity contribution in [2.75, 3.05) is 6.54 Å². The molecule has 3 atom stereocenters. The van der Waals surface area contributed by atoms with Crippen molar-refractivity contribution < 1.29 is 19.4 Å². The van der Waals surface area contributed by atoms with Gasteiger partial charge < -0.3 is 15.6 Å². The molecule has 0 amide bonds. The molecule has 1 aromatic rings. The van der Waals surface area contributed by atoms with Crippen molar-refractivity contribution >= 4 is 11.9 Å². The molecular weight excluding hydrogens is 298 g/mol. The number of rotatable bonds is 4. The van der Waals surface area contributed by atoms with Crippen LogP contribution in [0.4, 0.5) is 0 Å². The zero-order valence-electron chi connectivity index (χ0n) is 13.6. The summed E-state index contributed by atoms with van der Waals surface area (Å²) in [5.41, 5.74) is 6.16. The van der Waals surface area contributed by atoms with Crippen molar-refractivity contribution in [3.8, 4) is 0 Å². The van der Waals surface area contributed by atoms with Crippen LogP contribution in [-0.2, 0) is 14.3 Å². The first-order valence-corrected chi connectivity index (χ1v) is 7.57. The number of pyridine rings is 1. The maximum atomic E-state index is 12.3. The maximum absolute atomic E-state index is 12.3. The third-order valence-corrected chi connectivity index (χ3v) is 3.79. The van der Waals surface area contributed by atoms with Crippen LogP contribution in [0, 0.1) is 5.92 Å². The van der Waals surface area contributed by atoms with E-state index >= 15 is 0 Å². The molecule has 1 aromatic heterocycles. The Morgan fingerprint density at radius 3 is 2.52 bits per heavy atom. The van der Waals surface area contributed by atoms with Gasteiger partial charge in [0.05, 0.1) is 12.1 Å². The van der Waals surface area contributed by atoms with E-state index in [1.807, 2.05) is 0 Å². The predicted octanol–water partition coefficient (Wildman–Crippen LogP) is 1.16. The van der Waals surface area contributed by atoms with Gasteiger partial charge in [0, 0.05) is 18.9 Å². The lowest BCUT2D eigenvalue weighted by atomic mass is 10.0. The fourth-order valence-corrected chi connectivity index (χ4v) is 2.80. The minimum atomic E-state index is -1.00. The lowest BCUT2D eigenvalue weighted by molar-refractivity contribution is -0.161. The van der Waals surface area contributed by atoms with Crippen molar-refractivity contribution in [2.45, 2.75) is 45.0 Å². The highest BCUT2D eigenvalue weighted by atomic mass is 16.6. The quantitative estimate of drug-likeness (QED) is 0.801. The SMILES string of the molecule is CC(C)(C)OC(=O)[C@@H]1CCN([C@H](C(=O)O)c2ccncc2)[C@H]1N. The summed E-state index contributed by atoms with van der Waals surface area (Å²) in [5, 5.41) is 9.58. The van der Waals surface area contributed by atoms with Gasteiger partial charge in [-0.3, -0.25) is 19.5 Å². The number of carbonyl (C=O) groups excluding carboxylic acids is 1. The molecule has 0 unspecified atom stereocenters. The van der Waals surface area contributed by atoms with Gasteiger partial charge in [-0.15, -0.1) is 0 Å². The molecule has 1 saturated heterocycles. The molecule has 0 aromatic carbocycles. The molecule has 0 radical (unpaired) electrons. The molecule has 126 valence electrons. The standard InChI is InChI=1S/C16H23N3O4/c1-16(2,3)23-15(22)11-6-9-19(13(11)17)12(14(20)21)10-4-7-18-8-5-10/h4-5,7-8,11-13H,6,9,17H2,1-3H3,(H,20,21)/t11-,12+,13-/m1/s1. The summed E-state index contributed by atoms with van der Waals surface area (Å²) in [5.74, 6) is -1.92. The number of hydrogen-bond donors (Lipinski definition) is 2. The van der Waals surface area contributed by atoms with Crippen LogP contribution in [0.1, 0.15) is 38.8 Å². The molecule has 2 heterocycles. The van der Waals surface area contributed by atoms with E-state index in [0.29, 0.717) is 18.5 Å². The third kappa shape index (κ3) is 4.05. The minimum absolute atomic E-state index is 0.383. The number of carbonyl (C=O) groups is 2. The normalized spacial score (nSPS) is 23.5. The van der Waals surface area contributed by atoms with Crippen LogP contribution in [0.5, 0.6) is 0 Å². The van der Waals surface area contributed by atoms with E-state index in [2.05, 4.69) is 4.98 Å². The van der Waals surface area contributed by atoms with Crippen LogP contribution in [0.3, 0.4) is 0 Å². The molecule has 1 fully saturated rings. The number of likely N-dealkylation sites (tertiary alicyclic amines) is 1.